The van der Waals surface area contributed by atoms with Gasteiger partial charge in [-0.05, 0) is 48.8 Å². The summed E-state index contributed by atoms with van der Waals surface area (Å²) in [6, 6.07) is 7.02. The van der Waals surface area contributed by atoms with Gasteiger partial charge in [-0.15, -0.1) is 0 Å². The molecule has 3 rings (SSSR count). The first kappa shape index (κ1) is 16.3. The molecular formula is C18H25NO4. The molecule has 5 nitrogen and oxygen atoms in total. The maximum atomic E-state index is 12.7. The predicted octanol–water partition coefficient (Wildman–Crippen LogP) is 2.15. The van der Waals surface area contributed by atoms with E-state index in [0.717, 1.165) is 52.0 Å². The van der Waals surface area contributed by atoms with E-state index in [1.54, 1.807) is 31.4 Å². The lowest BCUT2D eigenvalue weighted by atomic mass is 9.74. The first-order chi connectivity index (χ1) is 11.1. The molecule has 23 heavy (non-hydrogen) atoms. The molecule has 0 radical (unpaired) electrons. The topological polar surface area (TPSA) is 59.0 Å². The molecule has 1 aromatic carbocycles. The maximum absolute atomic E-state index is 12.7. The van der Waals surface area contributed by atoms with E-state index in [4.69, 9.17) is 9.47 Å². The van der Waals surface area contributed by atoms with Crippen LogP contribution < -0.4 is 4.74 Å². The van der Waals surface area contributed by atoms with Gasteiger partial charge in [0, 0.05) is 26.3 Å². The van der Waals surface area contributed by atoms with Gasteiger partial charge in [0.1, 0.15) is 5.75 Å². The molecular weight excluding hydrogens is 294 g/mol. The number of benzene rings is 1. The second-order valence-corrected chi connectivity index (χ2v) is 6.65. The third-order valence-corrected chi connectivity index (χ3v) is 5.19. The van der Waals surface area contributed by atoms with Gasteiger partial charge in [-0.3, -0.25) is 4.79 Å². The van der Waals surface area contributed by atoms with Gasteiger partial charge in [-0.1, -0.05) is 12.1 Å². The molecule has 2 aliphatic heterocycles. The molecule has 0 saturated carbocycles. The molecule has 0 aliphatic carbocycles. The van der Waals surface area contributed by atoms with Crippen LogP contribution in [0.5, 0.6) is 5.75 Å². The Balaban J connectivity index is 1.68. The Morgan fingerprint density at radius 1 is 1.26 bits per heavy atom. The van der Waals surface area contributed by atoms with Crippen LogP contribution in [0.3, 0.4) is 0 Å². The van der Waals surface area contributed by atoms with Crippen molar-refractivity contribution in [3.8, 4) is 5.75 Å². The lowest BCUT2D eigenvalue weighted by Crippen LogP contribution is -2.49. The number of amides is 1. The number of hydrogen-bond donors (Lipinski definition) is 1. The third kappa shape index (κ3) is 3.51. The van der Waals surface area contributed by atoms with Crippen molar-refractivity contribution in [1.82, 2.24) is 4.90 Å². The molecule has 5 heteroatoms. The van der Waals surface area contributed by atoms with Gasteiger partial charge >= 0.3 is 0 Å². The van der Waals surface area contributed by atoms with Crippen LogP contribution in [0, 0.1) is 5.41 Å². The molecule has 1 aromatic rings. The monoisotopic (exact) mass is 319 g/mol. The second-order valence-electron chi connectivity index (χ2n) is 6.65. The van der Waals surface area contributed by atoms with Gasteiger partial charge in [0.2, 0.25) is 0 Å². The van der Waals surface area contributed by atoms with E-state index in [1.165, 1.54) is 0 Å². The minimum Gasteiger partial charge on any atom is -0.497 e. The number of hydrogen-bond acceptors (Lipinski definition) is 4. The third-order valence-electron chi connectivity index (χ3n) is 5.19. The molecule has 2 saturated heterocycles. The van der Waals surface area contributed by atoms with E-state index < -0.39 is 6.10 Å². The fraction of sp³-hybridized carbons (Fsp3) is 0.611. The van der Waals surface area contributed by atoms with Gasteiger partial charge in [0.15, 0.2) is 6.10 Å². The zero-order valence-corrected chi connectivity index (χ0v) is 13.7. The minimum absolute atomic E-state index is 0.186. The summed E-state index contributed by atoms with van der Waals surface area (Å²) < 4.78 is 10.6. The van der Waals surface area contributed by atoms with Crippen molar-refractivity contribution < 1.29 is 19.4 Å². The summed E-state index contributed by atoms with van der Waals surface area (Å²) in [5.74, 6) is 0.522. The fourth-order valence-corrected chi connectivity index (χ4v) is 3.71. The quantitative estimate of drug-likeness (QED) is 0.927. The first-order valence-electron chi connectivity index (χ1n) is 8.32. The number of rotatable bonds is 3. The Bertz CT molecular complexity index is 531. The lowest BCUT2D eigenvalue weighted by Gasteiger charge is -2.45. The molecule has 2 heterocycles. The summed E-state index contributed by atoms with van der Waals surface area (Å²) in [6.07, 6.45) is 3.07. The van der Waals surface area contributed by atoms with E-state index in [1.807, 2.05) is 4.90 Å². The molecule has 2 aliphatic rings. The van der Waals surface area contributed by atoms with Gasteiger partial charge < -0.3 is 19.5 Å². The largest absolute Gasteiger partial charge is 0.497 e. The number of aliphatic hydroxyl groups excluding tert-OH is 1. The first-order valence-corrected chi connectivity index (χ1v) is 8.32. The smallest absolute Gasteiger partial charge is 0.256 e. The van der Waals surface area contributed by atoms with Crippen LogP contribution in [-0.2, 0) is 9.53 Å². The second kappa shape index (κ2) is 6.89. The summed E-state index contributed by atoms with van der Waals surface area (Å²) in [4.78, 5) is 14.5. The Morgan fingerprint density at radius 3 is 2.61 bits per heavy atom. The Labute approximate surface area is 137 Å². The number of aliphatic hydroxyl groups is 1. The molecule has 0 bridgehead atoms. The summed E-state index contributed by atoms with van der Waals surface area (Å²) in [5.41, 5.74) is 0.800. The number of carbonyl (C=O) groups excluding carboxylic acids is 1. The predicted molar refractivity (Wildman–Crippen MR) is 86.3 cm³/mol. The Kier molecular flexibility index (Phi) is 4.87. The average molecular weight is 319 g/mol. The molecule has 1 amide bonds. The SMILES string of the molecule is COc1ccc([C@H](O)C(=O)N2CCCC3(CCOCC3)C2)cc1. The Morgan fingerprint density at radius 2 is 1.96 bits per heavy atom. The van der Waals surface area contributed by atoms with Crippen LogP contribution in [0.4, 0.5) is 0 Å². The van der Waals surface area contributed by atoms with Crippen LogP contribution in [0.2, 0.25) is 0 Å². The highest BCUT2D eigenvalue weighted by molar-refractivity contribution is 5.82. The van der Waals surface area contributed by atoms with Gasteiger partial charge in [0.25, 0.3) is 5.91 Å². The number of ether oxygens (including phenoxy) is 2. The van der Waals surface area contributed by atoms with Crippen molar-refractivity contribution in [2.24, 2.45) is 5.41 Å². The number of nitrogens with zero attached hydrogens (tertiary/aromatic N) is 1. The standard InChI is InChI=1S/C18H25NO4/c1-22-15-5-3-14(4-6-15)16(20)17(21)19-10-2-7-18(13-19)8-11-23-12-9-18/h3-6,16,20H,2,7-13H2,1H3/t16-/m0/s1. The Hall–Kier alpha value is -1.59. The highest BCUT2D eigenvalue weighted by atomic mass is 16.5. The van der Waals surface area contributed by atoms with Crippen molar-refractivity contribution in [3.05, 3.63) is 29.8 Å². The summed E-state index contributed by atoms with van der Waals surface area (Å²) in [7, 11) is 1.59. The van der Waals surface area contributed by atoms with E-state index in [-0.39, 0.29) is 11.3 Å². The minimum atomic E-state index is -1.10. The molecule has 2 fully saturated rings. The lowest BCUT2D eigenvalue weighted by molar-refractivity contribution is -0.146. The number of likely N-dealkylation sites (tertiary alicyclic amines) is 1. The number of methoxy groups -OCH3 is 1. The molecule has 0 aromatic heterocycles. The highest BCUT2D eigenvalue weighted by Gasteiger charge is 2.39. The fourth-order valence-electron chi connectivity index (χ4n) is 3.71. The van der Waals surface area contributed by atoms with Crippen molar-refractivity contribution in [3.63, 3.8) is 0 Å². The van der Waals surface area contributed by atoms with Crippen molar-refractivity contribution >= 4 is 5.91 Å². The van der Waals surface area contributed by atoms with Crippen LogP contribution in [0.25, 0.3) is 0 Å². The molecule has 126 valence electrons. The van der Waals surface area contributed by atoms with Crippen molar-refractivity contribution in [2.75, 3.05) is 33.4 Å². The van der Waals surface area contributed by atoms with Gasteiger partial charge in [-0.25, -0.2) is 0 Å². The van der Waals surface area contributed by atoms with Gasteiger partial charge in [-0.2, -0.15) is 0 Å². The molecule has 0 unspecified atom stereocenters. The maximum Gasteiger partial charge on any atom is 0.256 e. The normalized spacial score (nSPS) is 21.9. The number of carbonyl (C=O) groups is 1. The summed E-state index contributed by atoms with van der Waals surface area (Å²) in [6.45, 7) is 3.03. The van der Waals surface area contributed by atoms with Crippen LogP contribution in [-0.4, -0.2) is 49.3 Å². The van der Waals surface area contributed by atoms with Gasteiger partial charge in [0.05, 0.1) is 7.11 Å². The van der Waals surface area contributed by atoms with E-state index >= 15 is 0 Å². The zero-order valence-electron chi connectivity index (χ0n) is 13.7. The van der Waals surface area contributed by atoms with Crippen molar-refractivity contribution in [2.45, 2.75) is 31.8 Å². The van der Waals surface area contributed by atoms with E-state index in [9.17, 15) is 9.90 Å². The summed E-state index contributed by atoms with van der Waals surface area (Å²) in [5, 5.41) is 10.4. The van der Waals surface area contributed by atoms with E-state index in [0.29, 0.717) is 11.3 Å². The van der Waals surface area contributed by atoms with Crippen molar-refractivity contribution in [1.29, 1.82) is 0 Å². The molecule has 1 N–H and O–H groups in total. The van der Waals surface area contributed by atoms with E-state index in [2.05, 4.69) is 0 Å². The molecule has 1 atom stereocenters. The van der Waals surface area contributed by atoms with Crippen LogP contribution >= 0.6 is 0 Å². The number of piperidine rings is 1. The molecule has 1 spiro atoms. The summed E-state index contributed by atoms with van der Waals surface area (Å²) >= 11 is 0. The van der Waals surface area contributed by atoms with Crippen LogP contribution in [0.15, 0.2) is 24.3 Å². The average Bonchev–Trinajstić information content (AvgIpc) is 2.61. The van der Waals surface area contributed by atoms with Crippen LogP contribution in [0.1, 0.15) is 37.4 Å². The zero-order chi connectivity index (χ0) is 16.3. The highest BCUT2D eigenvalue weighted by Crippen LogP contribution is 2.39.